The van der Waals surface area contributed by atoms with Gasteiger partial charge in [-0.3, -0.25) is 0 Å². The Hall–Kier alpha value is -1.52. The van der Waals surface area contributed by atoms with Crippen LogP contribution in [-0.2, 0) is 6.42 Å². The van der Waals surface area contributed by atoms with Crippen LogP contribution in [0.1, 0.15) is 45.6 Å². The first-order valence-corrected chi connectivity index (χ1v) is 14.2. The molecule has 3 rings (SSSR count). The average Bonchev–Trinajstić information content (AvgIpc) is 3.03. The minimum Gasteiger partial charge on any atom is -0.541 e. The molecule has 30 heavy (non-hydrogen) atoms. The third-order valence-corrected chi connectivity index (χ3v) is 12.2. The highest BCUT2D eigenvalue weighted by molar-refractivity contribution is 6.74. The molecule has 0 spiro atoms. The lowest BCUT2D eigenvalue weighted by Crippen LogP contribution is -2.44. The predicted octanol–water partition coefficient (Wildman–Crippen LogP) is 6.39. The highest BCUT2D eigenvalue weighted by Crippen LogP contribution is 2.52. The number of hydrogen-bond donors (Lipinski definition) is 1. The van der Waals surface area contributed by atoms with Gasteiger partial charge in [-0.25, -0.2) is 0 Å². The molecule has 2 aliphatic rings. The number of hydrogen-bond acceptors (Lipinski definition) is 3. The number of fused-ring (bicyclic) bond motifs is 1. The van der Waals surface area contributed by atoms with E-state index in [2.05, 4.69) is 65.2 Å². The number of ether oxygens (including phenoxy) is 1. The lowest BCUT2D eigenvalue weighted by atomic mass is 9.71. The molecule has 2 aliphatic carbocycles. The molecule has 0 aliphatic heterocycles. The van der Waals surface area contributed by atoms with E-state index in [9.17, 15) is 5.11 Å². The zero-order chi connectivity index (χ0) is 22.3. The maximum atomic E-state index is 10.8. The molecule has 1 N–H and O–H groups in total. The lowest BCUT2D eigenvalue weighted by molar-refractivity contribution is 0.0427. The number of allylic oxidation sites excluding steroid dienone is 2. The smallest absolute Gasteiger partial charge is 0.250 e. The molecule has 0 saturated heterocycles. The van der Waals surface area contributed by atoms with Gasteiger partial charge in [0.15, 0.2) is 5.75 Å². The molecule has 2 fully saturated rings. The van der Waals surface area contributed by atoms with Gasteiger partial charge in [0.2, 0.25) is 0 Å². The minimum absolute atomic E-state index is 0.121. The van der Waals surface area contributed by atoms with Crippen LogP contribution < -0.4 is 9.16 Å². The lowest BCUT2D eigenvalue weighted by Gasteiger charge is -2.37. The van der Waals surface area contributed by atoms with E-state index < -0.39 is 8.32 Å². The van der Waals surface area contributed by atoms with Crippen molar-refractivity contribution >= 4 is 8.32 Å². The van der Waals surface area contributed by atoms with Crippen molar-refractivity contribution in [3.63, 3.8) is 0 Å². The summed E-state index contributed by atoms with van der Waals surface area (Å²) in [6.45, 7) is 19.7. The first-order valence-electron chi connectivity index (χ1n) is 11.3. The van der Waals surface area contributed by atoms with Gasteiger partial charge in [0.05, 0.1) is 13.2 Å². The normalized spacial score (nSPS) is 29.4. The molecule has 1 aromatic rings. The number of aliphatic hydroxyl groups excluding tert-OH is 1. The third-order valence-electron chi connectivity index (χ3n) is 7.87. The quantitative estimate of drug-likeness (QED) is 0.421. The van der Waals surface area contributed by atoms with Crippen molar-refractivity contribution in [2.45, 2.75) is 70.7 Å². The molecule has 166 valence electrons. The van der Waals surface area contributed by atoms with Crippen LogP contribution in [-0.4, -0.2) is 26.6 Å². The largest absolute Gasteiger partial charge is 0.541 e. The Morgan fingerprint density at radius 3 is 2.53 bits per heavy atom. The van der Waals surface area contributed by atoms with Crippen molar-refractivity contribution in [1.82, 2.24) is 0 Å². The maximum Gasteiger partial charge on any atom is 0.250 e. The summed E-state index contributed by atoms with van der Waals surface area (Å²) in [5, 5.41) is 10.9. The molecule has 0 heterocycles. The third kappa shape index (κ3) is 4.40. The number of rotatable bonds is 6. The summed E-state index contributed by atoms with van der Waals surface area (Å²) in [6, 6.07) is 6.35. The molecule has 4 heteroatoms. The van der Waals surface area contributed by atoms with E-state index in [-0.39, 0.29) is 17.1 Å². The fourth-order valence-corrected chi connectivity index (χ4v) is 6.19. The summed E-state index contributed by atoms with van der Waals surface area (Å²) in [5.74, 6) is 3.15. The molecule has 2 saturated carbocycles. The summed E-state index contributed by atoms with van der Waals surface area (Å²) in [6.07, 6.45) is 5.62. The van der Waals surface area contributed by atoms with E-state index in [0.29, 0.717) is 17.8 Å². The van der Waals surface area contributed by atoms with Gasteiger partial charge >= 0.3 is 0 Å². The van der Waals surface area contributed by atoms with Crippen molar-refractivity contribution < 1.29 is 14.3 Å². The summed E-state index contributed by atoms with van der Waals surface area (Å²) >= 11 is 0. The SMILES string of the molecule is C=C[C@H]1C[C@H](Cc2ccc(OC)c(O[Si](C)(C)C(C)(C)C)c2)[C@H]2[C@@H]1C(=C)CC[C@H]2O. The van der Waals surface area contributed by atoms with E-state index >= 15 is 0 Å². The average molecular weight is 429 g/mol. The van der Waals surface area contributed by atoms with Crippen LogP contribution in [0.5, 0.6) is 11.5 Å². The summed E-state index contributed by atoms with van der Waals surface area (Å²) < 4.78 is 12.2. The summed E-state index contributed by atoms with van der Waals surface area (Å²) in [4.78, 5) is 0. The monoisotopic (exact) mass is 428 g/mol. The fraction of sp³-hybridized carbons (Fsp3) is 0.615. The minimum atomic E-state index is -1.97. The van der Waals surface area contributed by atoms with Gasteiger partial charge in [-0.2, -0.15) is 0 Å². The molecule has 5 atom stereocenters. The molecule has 0 unspecified atom stereocenters. The van der Waals surface area contributed by atoms with Gasteiger partial charge in [-0.15, -0.1) is 6.58 Å². The Morgan fingerprint density at radius 2 is 1.93 bits per heavy atom. The van der Waals surface area contributed by atoms with E-state index in [4.69, 9.17) is 9.16 Å². The molecular weight excluding hydrogens is 388 g/mol. The molecule has 0 aromatic heterocycles. The standard InChI is InChI=1S/C26H40O3Si/c1-9-19-16-20(25-21(27)12-10-17(2)24(19)25)14-18-11-13-22(28-6)23(15-18)29-30(7,8)26(3,4)5/h9,11,13,15,19-21,24-25,27H,1-2,10,12,14,16H2,3-8H3/t19-,20-,21+,24+,25+/m0/s1. The Bertz CT molecular complexity index is 792. The highest BCUT2D eigenvalue weighted by atomic mass is 28.4. The molecule has 1 aromatic carbocycles. The van der Waals surface area contributed by atoms with Gasteiger partial charge in [0.1, 0.15) is 5.75 Å². The van der Waals surface area contributed by atoms with Crippen LogP contribution in [0.15, 0.2) is 43.0 Å². The topological polar surface area (TPSA) is 38.7 Å². The van der Waals surface area contributed by atoms with E-state index in [1.54, 1.807) is 7.11 Å². The fourth-order valence-electron chi connectivity index (χ4n) is 5.17. The zero-order valence-electron chi connectivity index (χ0n) is 19.7. The highest BCUT2D eigenvalue weighted by Gasteiger charge is 2.48. The van der Waals surface area contributed by atoms with Crippen LogP contribution in [0.2, 0.25) is 18.1 Å². The molecule has 0 bridgehead atoms. The van der Waals surface area contributed by atoms with Crippen molar-refractivity contribution in [2.75, 3.05) is 7.11 Å². The second-order valence-corrected chi connectivity index (χ2v) is 15.5. The van der Waals surface area contributed by atoms with E-state index in [0.717, 1.165) is 37.2 Å². The van der Waals surface area contributed by atoms with Gasteiger partial charge in [-0.05, 0) is 85.2 Å². The molecule has 3 nitrogen and oxygen atoms in total. The van der Waals surface area contributed by atoms with Crippen LogP contribution in [0.3, 0.4) is 0 Å². The van der Waals surface area contributed by atoms with Crippen LogP contribution in [0.25, 0.3) is 0 Å². The van der Waals surface area contributed by atoms with E-state index in [1.165, 1.54) is 11.1 Å². The van der Waals surface area contributed by atoms with Crippen molar-refractivity contribution in [3.05, 3.63) is 48.6 Å². The second-order valence-electron chi connectivity index (χ2n) is 10.8. The maximum absolute atomic E-state index is 10.8. The van der Waals surface area contributed by atoms with Crippen LogP contribution in [0.4, 0.5) is 0 Å². The number of aliphatic hydroxyl groups is 1. The second kappa shape index (κ2) is 8.55. The Labute approximate surface area is 184 Å². The summed E-state index contributed by atoms with van der Waals surface area (Å²) in [5.41, 5.74) is 2.55. The number of methoxy groups -OCH3 is 1. The Balaban J connectivity index is 1.86. The number of benzene rings is 1. The summed E-state index contributed by atoms with van der Waals surface area (Å²) in [7, 11) is -0.268. The molecular formula is C26H40O3Si. The van der Waals surface area contributed by atoms with Crippen LogP contribution >= 0.6 is 0 Å². The van der Waals surface area contributed by atoms with Crippen molar-refractivity contribution in [3.8, 4) is 11.5 Å². The van der Waals surface area contributed by atoms with Crippen LogP contribution in [0, 0.1) is 23.7 Å². The van der Waals surface area contributed by atoms with Gasteiger partial charge in [0.25, 0.3) is 8.32 Å². The first kappa shape index (κ1) is 23.1. The Morgan fingerprint density at radius 1 is 1.23 bits per heavy atom. The zero-order valence-corrected chi connectivity index (χ0v) is 20.7. The van der Waals surface area contributed by atoms with Crippen molar-refractivity contribution in [1.29, 1.82) is 0 Å². The first-order chi connectivity index (χ1) is 14.0. The van der Waals surface area contributed by atoms with Crippen molar-refractivity contribution in [2.24, 2.45) is 23.7 Å². The van der Waals surface area contributed by atoms with Gasteiger partial charge in [0, 0.05) is 0 Å². The predicted molar refractivity (Wildman–Crippen MR) is 128 cm³/mol. The van der Waals surface area contributed by atoms with E-state index in [1.807, 2.05) is 6.07 Å². The molecule has 0 radical (unpaired) electrons. The van der Waals surface area contributed by atoms with Gasteiger partial charge < -0.3 is 14.3 Å². The van der Waals surface area contributed by atoms with Gasteiger partial charge in [-0.1, -0.05) is 45.1 Å². The Kier molecular flexibility index (Phi) is 6.59. The molecule has 0 amide bonds.